The molecule has 0 aliphatic heterocycles. The summed E-state index contributed by atoms with van der Waals surface area (Å²) in [5, 5.41) is 0. The van der Waals surface area contributed by atoms with E-state index in [0.717, 1.165) is 12.8 Å². The molecule has 0 radical (unpaired) electrons. The molecule has 5 rings (SSSR count). The summed E-state index contributed by atoms with van der Waals surface area (Å²) in [4.78, 5) is 0. The van der Waals surface area contributed by atoms with Gasteiger partial charge >= 0.3 is 63.8 Å². The summed E-state index contributed by atoms with van der Waals surface area (Å²) in [6, 6.07) is 25.4. The first kappa shape index (κ1) is 39.5. The van der Waals surface area contributed by atoms with Crippen LogP contribution in [0.1, 0.15) is 96.6 Å². The Balaban J connectivity index is 0.000000669. The SMILES string of the molecule is CC(C)(C)C1=CC[C-]=C1.CC(C)(C)c1c[c-]c2c(c1)-c1cc(C(C)(C)C)ccc1C2.Cl.Cl.[CH3-].[Zr]=[CH]c1ccccc1. The van der Waals surface area contributed by atoms with Crippen LogP contribution in [0.4, 0.5) is 0 Å². The number of hydrogen-bond acceptors (Lipinski definition) is 0. The summed E-state index contributed by atoms with van der Waals surface area (Å²) in [5.41, 5.74) is 11.8. The first-order chi connectivity index (χ1) is 17.7. The summed E-state index contributed by atoms with van der Waals surface area (Å²) in [6.45, 7) is 20.3. The molecule has 0 amide bonds. The summed E-state index contributed by atoms with van der Waals surface area (Å²) in [5.74, 6) is 0. The third kappa shape index (κ3) is 11.2. The van der Waals surface area contributed by atoms with Crippen LogP contribution in [0.25, 0.3) is 11.1 Å². The zero-order valence-corrected chi connectivity index (χ0v) is 30.8. The Bertz CT molecular complexity index is 1250. The molecule has 3 aromatic carbocycles. The van der Waals surface area contributed by atoms with Gasteiger partial charge in [0.2, 0.25) is 0 Å². The summed E-state index contributed by atoms with van der Waals surface area (Å²) in [7, 11) is 0. The van der Waals surface area contributed by atoms with E-state index in [0.29, 0.717) is 5.41 Å². The average molecular weight is 668 g/mol. The molecule has 0 bridgehead atoms. The Morgan fingerprint density at radius 1 is 0.732 bits per heavy atom. The van der Waals surface area contributed by atoms with Gasteiger partial charge in [-0.3, -0.25) is 6.08 Å². The van der Waals surface area contributed by atoms with Gasteiger partial charge < -0.3 is 7.43 Å². The standard InChI is InChI=1S/C21H25.C9H13.C7H6.CH3.2ClH.Zr/c1-20(2,3)16-9-7-14-11-15-8-10-17(21(4,5)6)13-19(15)18(14)12-16;1-9(2,3)8-6-4-5-7-8;1-7-5-3-2-4-6-7;;;;/h7,9-10,12-13H,11H2,1-6H3;6-7H,4H2,1-3H3;1-6H;1H3;2*1H;/q2*-1;;-1;;;. The van der Waals surface area contributed by atoms with E-state index in [1.54, 1.807) is 0 Å². The molecule has 0 fully saturated rings. The van der Waals surface area contributed by atoms with Gasteiger partial charge in [0.15, 0.2) is 0 Å². The second kappa shape index (κ2) is 16.4. The van der Waals surface area contributed by atoms with Crippen molar-refractivity contribution >= 4 is 28.5 Å². The minimum absolute atomic E-state index is 0. The van der Waals surface area contributed by atoms with E-state index in [9.17, 15) is 0 Å². The van der Waals surface area contributed by atoms with Crippen LogP contribution in [0.2, 0.25) is 0 Å². The average Bonchev–Trinajstić information content (AvgIpc) is 3.52. The molecule has 0 atom stereocenters. The molecule has 0 saturated carbocycles. The Morgan fingerprint density at radius 2 is 1.32 bits per heavy atom. The predicted molar refractivity (Wildman–Crippen MR) is 183 cm³/mol. The summed E-state index contributed by atoms with van der Waals surface area (Å²) < 4.78 is 2.17. The fourth-order valence-corrected chi connectivity index (χ4v) is 4.93. The van der Waals surface area contributed by atoms with Gasteiger partial charge in [0.1, 0.15) is 0 Å². The van der Waals surface area contributed by atoms with E-state index in [1.807, 2.05) is 6.07 Å². The van der Waals surface area contributed by atoms with Crippen LogP contribution in [0, 0.1) is 25.0 Å². The molecule has 0 nitrogen and oxygen atoms in total. The van der Waals surface area contributed by atoms with Gasteiger partial charge in [0.05, 0.1) is 0 Å². The fourth-order valence-electron chi connectivity index (χ4n) is 4.45. The molecule has 0 spiro atoms. The van der Waals surface area contributed by atoms with Crippen molar-refractivity contribution in [3.05, 3.63) is 126 Å². The number of fused-ring (bicyclic) bond motifs is 3. The van der Waals surface area contributed by atoms with Gasteiger partial charge in [-0.15, -0.1) is 36.8 Å². The van der Waals surface area contributed by atoms with Crippen LogP contribution in [0.3, 0.4) is 0 Å². The van der Waals surface area contributed by atoms with Crippen molar-refractivity contribution in [1.82, 2.24) is 0 Å². The molecule has 0 N–H and O–H groups in total. The van der Waals surface area contributed by atoms with E-state index >= 15 is 0 Å². The number of hydrogen-bond donors (Lipinski definition) is 0. The monoisotopic (exact) mass is 665 g/mol. The molecule has 0 saturated heterocycles. The molecule has 0 aromatic heterocycles. The van der Waals surface area contributed by atoms with Crippen molar-refractivity contribution < 1.29 is 24.2 Å². The first-order valence-corrected chi connectivity index (χ1v) is 15.1. The third-order valence-electron chi connectivity index (χ3n) is 7.06. The van der Waals surface area contributed by atoms with Crippen LogP contribution in [-0.2, 0) is 41.5 Å². The molecule has 3 aromatic rings. The zero-order valence-electron chi connectivity index (χ0n) is 26.7. The predicted octanol–water partition coefficient (Wildman–Crippen LogP) is 11.1. The molecule has 222 valence electrons. The third-order valence-corrected chi connectivity index (χ3v) is 7.88. The molecule has 2 aliphatic carbocycles. The summed E-state index contributed by atoms with van der Waals surface area (Å²) in [6.07, 6.45) is 9.53. The van der Waals surface area contributed by atoms with Crippen molar-refractivity contribution in [2.45, 2.75) is 86.0 Å². The Kier molecular flexibility index (Phi) is 15.7. The van der Waals surface area contributed by atoms with E-state index < -0.39 is 0 Å². The van der Waals surface area contributed by atoms with E-state index in [1.165, 1.54) is 68.8 Å². The second-order valence-electron chi connectivity index (χ2n) is 13.3. The Labute approximate surface area is 279 Å². The van der Waals surface area contributed by atoms with Crippen molar-refractivity contribution in [2.75, 3.05) is 0 Å². The van der Waals surface area contributed by atoms with Crippen LogP contribution in [0.5, 0.6) is 0 Å². The Morgan fingerprint density at radius 3 is 1.76 bits per heavy atom. The van der Waals surface area contributed by atoms with Crippen LogP contribution in [0.15, 0.2) is 78.4 Å². The zero-order chi connectivity index (χ0) is 28.1. The molecular formula is C38H49Cl2Zr-3. The maximum absolute atomic E-state index is 3.53. The van der Waals surface area contributed by atoms with Gasteiger partial charge in [-0.05, 0) is 17.4 Å². The second-order valence-corrected chi connectivity index (χ2v) is 14.1. The molecular weight excluding hydrogens is 619 g/mol. The number of allylic oxidation sites excluding steroid dienone is 4. The quantitative estimate of drug-likeness (QED) is 0.177. The number of halogens is 2. The maximum atomic E-state index is 3.53. The van der Waals surface area contributed by atoms with Gasteiger partial charge in [0.25, 0.3) is 0 Å². The van der Waals surface area contributed by atoms with Crippen LogP contribution in [-0.4, -0.2) is 3.71 Å². The van der Waals surface area contributed by atoms with Gasteiger partial charge in [-0.1, -0.05) is 102 Å². The van der Waals surface area contributed by atoms with Crippen LogP contribution >= 0.6 is 24.8 Å². The molecule has 41 heavy (non-hydrogen) atoms. The fraction of sp³-hybridized carbons (Fsp3) is 0.368. The van der Waals surface area contributed by atoms with Gasteiger partial charge in [0, 0.05) is 0 Å². The van der Waals surface area contributed by atoms with Crippen molar-refractivity contribution in [1.29, 1.82) is 0 Å². The van der Waals surface area contributed by atoms with Crippen molar-refractivity contribution in [3.63, 3.8) is 0 Å². The molecule has 0 heterocycles. The van der Waals surface area contributed by atoms with Crippen molar-refractivity contribution in [3.8, 4) is 11.1 Å². The van der Waals surface area contributed by atoms with E-state index in [4.69, 9.17) is 0 Å². The van der Waals surface area contributed by atoms with Crippen molar-refractivity contribution in [2.24, 2.45) is 5.41 Å². The van der Waals surface area contributed by atoms with Gasteiger partial charge in [-0.25, -0.2) is 6.08 Å². The number of rotatable bonds is 1. The molecule has 0 unspecified atom stereocenters. The minimum atomic E-state index is 0. The Hall–Kier alpha value is -1.53. The van der Waals surface area contributed by atoms with Gasteiger partial charge in [-0.2, -0.15) is 41.0 Å². The van der Waals surface area contributed by atoms with E-state index in [-0.39, 0.29) is 43.1 Å². The number of benzene rings is 3. The summed E-state index contributed by atoms with van der Waals surface area (Å²) >= 11 is 1.46. The molecule has 3 heteroatoms. The van der Waals surface area contributed by atoms with E-state index in [2.05, 4.69) is 145 Å². The molecule has 2 aliphatic rings. The normalized spacial score (nSPS) is 12.8. The topological polar surface area (TPSA) is 0 Å². The first-order valence-electron chi connectivity index (χ1n) is 13.7. The van der Waals surface area contributed by atoms with Crippen LogP contribution < -0.4 is 0 Å².